The second-order valence-corrected chi connectivity index (χ2v) is 8.23. The molecule has 0 radical (unpaired) electrons. The Hall–Kier alpha value is -2.36. The number of thiophene rings is 1. The van der Waals surface area contributed by atoms with E-state index in [9.17, 15) is 8.42 Å². The number of rotatable bonds is 6. The number of benzene rings is 1. The number of aromatic nitrogens is 2. The fraction of sp³-hybridized carbons (Fsp3) is 0.235. The third-order valence-electron chi connectivity index (χ3n) is 3.91. The Morgan fingerprint density at radius 1 is 1.15 bits per heavy atom. The molecule has 136 valence electrons. The standard InChI is InChI=1S/C17H17N3O4S2/c21-26(22,14-1-2-16-17(11-14)24-9-8-23-16)18-5-7-20-6-3-15(19-20)13-4-10-25-12-13/h1-4,6,10-12,18H,5,7-9H2. The van der Waals surface area contributed by atoms with Crippen LogP contribution in [0.2, 0.25) is 0 Å². The van der Waals surface area contributed by atoms with Crippen molar-refractivity contribution >= 4 is 21.4 Å². The summed E-state index contributed by atoms with van der Waals surface area (Å²) >= 11 is 1.61. The lowest BCUT2D eigenvalue weighted by molar-refractivity contribution is 0.171. The molecule has 3 aromatic rings. The number of fused-ring (bicyclic) bond motifs is 1. The number of ether oxygens (including phenoxy) is 2. The molecular formula is C17H17N3O4S2. The maximum absolute atomic E-state index is 12.5. The Morgan fingerprint density at radius 2 is 2.00 bits per heavy atom. The predicted octanol–water partition coefficient (Wildman–Crippen LogP) is 2.36. The highest BCUT2D eigenvalue weighted by Crippen LogP contribution is 2.32. The summed E-state index contributed by atoms with van der Waals surface area (Å²) in [7, 11) is -3.63. The molecule has 0 bridgehead atoms. The van der Waals surface area contributed by atoms with Crippen molar-refractivity contribution in [1.82, 2.24) is 14.5 Å². The first kappa shape index (κ1) is 17.1. The predicted molar refractivity (Wildman–Crippen MR) is 98.2 cm³/mol. The van der Waals surface area contributed by atoms with Gasteiger partial charge in [-0.3, -0.25) is 4.68 Å². The van der Waals surface area contributed by atoms with E-state index in [2.05, 4.69) is 9.82 Å². The van der Waals surface area contributed by atoms with Gasteiger partial charge in [-0.15, -0.1) is 0 Å². The van der Waals surface area contributed by atoms with Crippen molar-refractivity contribution in [3.05, 3.63) is 47.3 Å². The van der Waals surface area contributed by atoms with Crippen LogP contribution in [0.15, 0.2) is 52.2 Å². The monoisotopic (exact) mass is 391 g/mol. The van der Waals surface area contributed by atoms with Crippen LogP contribution in [0.5, 0.6) is 11.5 Å². The molecule has 1 N–H and O–H groups in total. The molecule has 1 aliphatic heterocycles. The Morgan fingerprint density at radius 3 is 2.81 bits per heavy atom. The van der Waals surface area contributed by atoms with E-state index in [1.165, 1.54) is 12.1 Å². The van der Waals surface area contributed by atoms with Crippen molar-refractivity contribution in [2.45, 2.75) is 11.4 Å². The van der Waals surface area contributed by atoms with E-state index in [4.69, 9.17) is 9.47 Å². The number of hydrogen-bond acceptors (Lipinski definition) is 6. The number of hydrogen-bond donors (Lipinski definition) is 1. The van der Waals surface area contributed by atoms with E-state index < -0.39 is 10.0 Å². The first-order valence-corrected chi connectivity index (χ1v) is 10.5. The second-order valence-electron chi connectivity index (χ2n) is 5.68. The third kappa shape index (κ3) is 3.59. The van der Waals surface area contributed by atoms with Crippen LogP contribution >= 0.6 is 11.3 Å². The maximum atomic E-state index is 12.5. The molecular weight excluding hydrogens is 374 g/mol. The highest BCUT2D eigenvalue weighted by Gasteiger charge is 2.19. The SMILES string of the molecule is O=S(=O)(NCCn1ccc(-c2ccsc2)n1)c1ccc2c(c1)OCCO2. The smallest absolute Gasteiger partial charge is 0.240 e. The van der Waals surface area contributed by atoms with E-state index in [1.807, 2.05) is 29.1 Å². The van der Waals surface area contributed by atoms with Crippen molar-refractivity contribution in [3.8, 4) is 22.8 Å². The summed E-state index contributed by atoms with van der Waals surface area (Å²) in [6, 6.07) is 8.53. The van der Waals surface area contributed by atoms with Crippen molar-refractivity contribution in [1.29, 1.82) is 0 Å². The second kappa shape index (κ2) is 7.10. The van der Waals surface area contributed by atoms with Crippen molar-refractivity contribution in [3.63, 3.8) is 0 Å². The molecule has 2 aromatic heterocycles. The van der Waals surface area contributed by atoms with Gasteiger partial charge in [0.2, 0.25) is 10.0 Å². The molecule has 0 spiro atoms. The molecule has 26 heavy (non-hydrogen) atoms. The number of nitrogens with zero attached hydrogens (tertiary/aromatic N) is 2. The highest BCUT2D eigenvalue weighted by molar-refractivity contribution is 7.89. The van der Waals surface area contributed by atoms with Crippen LogP contribution in [0.25, 0.3) is 11.3 Å². The first-order valence-electron chi connectivity index (χ1n) is 8.07. The van der Waals surface area contributed by atoms with E-state index in [0.717, 1.165) is 11.3 Å². The van der Waals surface area contributed by atoms with Crippen molar-refractivity contribution in [2.24, 2.45) is 0 Å². The topological polar surface area (TPSA) is 82.5 Å². The largest absolute Gasteiger partial charge is 0.486 e. The van der Waals surface area contributed by atoms with Crippen LogP contribution in [0.3, 0.4) is 0 Å². The molecule has 7 nitrogen and oxygen atoms in total. The fourth-order valence-electron chi connectivity index (χ4n) is 2.62. The average molecular weight is 391 g/mol. The van der Waals surface area contributed by atoms with Crippen molar-refractivity contribution in [2.75, 3.05) is 19.8 Å². The van der Waals surface area contributed by atoms with Crippen LogP contribution in [-0.4, -0.2) is 38.0 Å². The van der Waals surface area contributed by atoms with E-state index in [1.54, 1.807) is 22.1 Å². The molecule has 0 fully saturated rings. The van der Waals surface area contributed by atoms with Crippen LogP contribution in [-0.2, 0) is 16.6 Å². The summed E-state index contributed by atoms with van der Waals surface area (Å²) in [6.07, 6.45) is 1.84. The van der Waals surface area contributed by atoms with Gasteiger partial charge < -0.3 is 9.47 Å². The van der Waals surface area contributed by atoms with Crippen LogP contribution in [0.1, 0.15) is 0 Å². The minimum Gasteiger partial charge on any atom is -0.486 e. The number of nitrogens with one attached hydrogen (secondary N) is 1. The normalized spacial score (nSPS) is 13.7. The van der Waals surface area contributed by atoms with Gasteiger partial charge in [-0.25, -0.2) is 13.1 Å². The zero-order chi connectivity index (χ0) is 18.0. The van der Waals surface area contributed by atoms with Gasteiger partial charge in [-0.2, -0.15) is 16.4 Å². The Bertz CT molecular complexity index is 997. The van der Waals surface area contributed by atoms with Gasteiger partial charge in [0.1, 0.15) is 13.2 Å². The quantitative estimate of drug-likeness (QED) is 0.698. The Kier molecular flexibility index (Phi) is 4.66. The third-order valence-corrected chi connectivity index (χ3v) is 6.06. The van der Waals surface area contributed by atoms with Crippen molar-refractivity contribution < 1.29 is 17.9 Å². The maximum Gasteiger partial charge on any atom is 0.240 e. The van der Waals surface area contributed by atoms with E-state index in [0.29, 0.717) is 31.3 Å². The molecule has 1 aliphatic rings. The Labute approximate surface area is 155 Å². The van der Waals surface area contributed by atoms with Gasteiger partial charge >= 0.3 is 0 Å². The lowest BCUT2D eigenvalue weighted by atomic mass is 10.2. The summed E-state index contributed by atoms with van der Waals surface area (Å²) < 4.78 is 40.1. The molecule has 4 rings (SSSR count). The fourth-order valence-corrected chi connectivity index (χ4v) is 4.30. The molecule has 0 amide bonds. The summed E-state index contributed by atoms with van der Waals surface area (Å²) in [6.45, 7) is 1.56. The summed E-state index contributed by atoms with van der Waals surface area (Å²) in [5.74, 6) is 1.01. The first-order chi connectivity index (χ1) is 12.6. The molecule has 0 saturated heterocycles. The van der Waals surface area contributed by atoms with Gasteiger partial charge in [0.05, 0.1) is 17.1 Å². The van der Waals surface area contributed by atoms with Gasteiger partial charge in [0.25, 0.3) is 0 Å². The molecule has 3 heterocycles. The van der Waals surface area contributed by atoms with Gasteiger partial charge in [-0.05, 0) is 29.6 Å². The van der Waals surface area contributed by atoms with Crippen LogP contribution in [0, 0.1) is 0 Å². The molecule has 0 saturated carbocycles. The molecule has 9 heteroatoms. The lowest BCUT2D eigenvalue weighted by Gasteiger charge is -2.18. The zero-order valence-corrected chi connectivity index (χ0v) is 15.4. The highest BCUT2D eigenvalue weighted by atomic mass is 32.2. The minimum atomic E-state index is -3.63. The minimum absolute atomic E-state index is 0.154. The van der Waals surface area contributed by atoms with Gasteiger partial charge in [0, 0.05) is 29.8 Å². The van der Waals surface area contributed by atoms with Gasteiger partial charge in [0.15, 0.2) is 11.5 Å². The van der Waals surface area contributed by atoms with Crippen LogP contribution < -0.4 is 14.2 Å². The summed E-state index contributed by atoms with van der Waals surface area (Å²) in [5, 5.41) is 8.48. The van der Waals surface area contributed by atoms with Crippen LogP contribution in [0.4, 0.5) is 0 Å². The summed E-state index contributed by atoms with van der Waals surface area (Å²) in [4.78, 5) is 0.154. The van der Waals surface area contributed by atoms with E-state index in [-0.39, 0.29) is 11.4 Å². The van der Waals surface area contributed by atoms with Gasteiger partial charge in [-0.1, -0.05) is 0 Å². The molecule has 0 aliphatic carbocycles. The Balaban J connectivity index is 1.39. The number of sulfonamides is 1. The molecule has 0 unspecified atom stereocenters. The zero-order valence-electron chi connectivity index (χ0n) is 13.8. The lowest BCUT2D eigenvalue weighted by Crippen LogP contribution is -2.27. The van der Waals surface area contributed by atoms with E-state index >= 15 is 0 Å². The molecule has 0 atom stereocenters. The molecule has 1 aromatic carbocycles. The summed E-state index contributed by atoms with van der Waals surface area (Å²) in [5.41, 5.74) is 1.94. The average Bonchev–Trinajstić information content (AvgIpc) is 3.32.